The van der Waals surface area contributed by atoms with Crippen molar-refractivity contribution in [2.75, 3.05) is 5.32 Å². The van der Waals surface area contributed by atoms with E-state index in [0.717, 1.165) is 10.7 Å². The van der Waals surface area contributed by atoms with Gasteiger partial charge in [-0.2, -0.15) is 0 Å². The molecule has 0 radical (unpaired) electrons. The second kappa shape index (κ2) is 3.69. The zero-order valence-corrected chi connectivity index (χ0v) is 7.67. The molecule has 0 unspecified atom stereocenters. The molecule has 1 aromatic carbocycles. The first-order valence-electron chi connectivity index (χ1n) is 3.21. The number of hydrogen-bond donors (Lipinski definition) is 1. The number of halogens is 1. The summed E-state index contributed by atoms with van der Waals surface area (Å²) in [5.74, 6) is 0. The number of nitrogens with one attached hydrogen (secondary N) is 1. The van der Waals surface area contributed by atoms with E-state index in [1.54, 1.807) is 0 Å². The van der Waals surface area contributed by atoms with Crippen molar-refractivity contribution in [1.29, 1.82) is 0 Å². The van der Waals surface area contributed by atoms with Gasteiger partial charge in [-0.25, -0.2) is 0 Å². The molecule has 3 heteroatoms. The minimum Gasteiger partial charge on any atom is -0.350 e. The van der Waals surface area contributed by atoms with Crippen LogP contribution in [0.5, 0.6) is 0 Å². The monoisotopic (exact) mass is 185 g/mol. The van der Waals surface area contributed by atoms with E-state index in [1.165, 1.54) is 0 Å². The number of anilines is 1. The Bertz CT molecular complexity index is 273. The quantitative estimate of drug-likeness (QED) is 0.675. The predicted molar refractivity (Wildman–Crippen MR) is 53.3 cm³/mol. The van der Waals surface area contributed by atoms with Gasteiger partial charge in [0.2, 0.25) is 0 Å². The maximum Gasteiger partial charge on any atom is 0.0765 e. The molecule has 58 valence electrons. The van der Waals surface area contributed by atoms with Crippen LogP contribution < -0.4 is 5.32 Å². The fourth-order valence-electron chi connectivity index (χ4n) is 0.769. The largest absolute Gasteiger partial charge is 0.350 e. The molecule has 0 bridgehead atoms. The first kappa shape index (κ1) is 8.50. The Kier molecular flexibility index (Phi) is 2.85. The lowest BCUT2D eigenvalue weighted by atomic mass is 10.3. The minimum atomic E-state index is 0.714. The summed E-state index contributed by atoms with van der Waals surface area (Å²) in [4.78, 5) is 0.743. The van der Waals surface area contributed by atoms with Crippen LogP contribution in [0.2, 0.25) is 5.02 Å². The highest BCUT2D eigenvalue weighted by molar-refractivity contribution is 7.80. The molecular formula is C8H8ClNS. The van der Waals surface area contributed by atoms with Gasteiger partial charge in [0.15, 0.2) is 0 Å². The summed E-state index contributed by atoms with van der Waals surface area (Å²) in [6.45, 7) is 1.83. The first-order chi connectivity index (χ1) is 5.18. The SMILES string of the molecule is CC(=S)Nc1cccc(Cl)c1. The summed E-state index contributed by atoms with van der Waals surface area (Å²) < 4.78 is 0. The Morgan fingerprint density at radius 1 is 1.55 bits per heavy atom. The van der Waals surface area contributed by atoms with Gasteiger partial charge >= 0.3 is 0 Å². The maximum atomic E-state index is 5.75. The highest BCUT2D eigenvalue weighted by atomic mass is 35.5. The number of benzene rings is 1. The second-order valence-corrected chi connectivity index (χ2v) is 3.24. The standard InChI is InChI=1S/C8H8ClNS/c1-6(11)10-8-4-2-3-7(9)5-8/h2-5H,1H3,(H,10,11). The van der Waals surface area contributed by atoms with E-state index in [9.17, 15) is 0 Å². The maximum absolute atomic E-state index is 5.75. The van der Waals surface area contributed by atoms with Gasteiger partial charge in [-0.05, 0) is 25.1 Å². The molecule has 0 atom stereocenters. The molecule has 0 aliphatic carbocycles. The summed E-state index contributed by atoms with van der Waals surface area (Å²) in [6, 6.07) is 7.45. The van der Waals surface area contributed by atoms with Gasteiger partial charge in [-0.3, -0.25) is 0 Å². The van der Waals surface area contributed by atoms with Gasteiger partial charge in [-0.15, -0.1) is 0 Å². The van der Waals surface area contributed by atoms with E-state index < -0.39 is 0 Å². The molecule has 0 saturated heterocycles. The molecule has 0 spiro atoms. The lowest BCUT2D eigenvalue weighted by molar-refractivity contribution is 1.63. The van der Waals surface area contributed by atoms with Crippen LogP contribution in [0.3, 0.4) is 0 Å². The normalized spacial score (nSPS) is 9.27. The fourth-order valence-corrected chi connectivity index (χ4v) is 1.08. The van der Waals surface area contributed by atoms with E-state index in [0.29, 0.717) is 5.02 Å². The van der Waals surface area contributed by atoms with Gasteiger partial charge in [0.1, 0.15) is 0 Å². The van der Waals surface area contributed by atoms with Gasteiger partial charge in [0.25, 0.3) is 0 Å². The molecule has 0 heterocycles. The van der Waals surface area contributed by atoms with Crippen molar-refractivity contribution in [3.63, 3.8) is 0 Å². The number of hydrogen-bond acceptors (Lipinski definition) is 1. The van der Waals surface area contributed by atoms with Crippen LogP contribution in [0.15, 0.2) is 24.3 Å². The first-order valence-corrected chi connectivity index (χ1v) is 4.00. The highest BCUT2D eigenvalue weighted by Gasteiger charge is 1.91. The molecule has 1 nitrogen and oxygen atoms in total. The van der Waals surface area contributed by atoms with Gasteiger partial charge in [0, 0.05) is 10.7 Å². The Hall–Kier alpha value is -0.600. The van der Waals surface area contributed by atoms with E-state index >= 15 is 0 Å². The van der Waals surface area contributed by atoms with E-state index in [4.69, 9.17) is 23.8 Å². The average molecular weight is 186 g/mol. The molecule has 0 saturated carbocycles. The molecule has 1 N–H and O–H groups in total. The van der Waals surface area contributed by atoms with E-state index in [2.05, 4.69) is 5.32 Å². The van der Waals surface area contributed by atoms with Gasteiger partial charge < -0.3 is 5.32 Å². The zero-order valence-electron chi connectivity index (χ0n) is 6.10. The van der Waals surface area contributed by atoms with E-state index in [1.807, 2.05) is 31.2 Å². The van der Waals surface area contributed by atoms with Gasteiger partial charge in [0.05, 0.1) is 4.99 Å². The van der Waals surface area contributed by atoms with Crippen LogP contribution in [-0.4, -0.2) is 4.99 Å². The third-order valence-corrected chi connectivity index (χ3v) is 1.48. The predicted octanol–water partition coefficient (Wildman–Crippen LogP) is 3.10. The molecule has 0 aromatic heterocycles. The van der Waals surface area contributed by atoms with Crippen molar-refractivity contribution in [2.24, 2.45) is 0 Å². The van der Waals surface area contributed by atoms with Crippen LogP contribution in [0.4, 0.5) is 5.69 Å². The third kappa shape index (κ3) is 2.87. The molecule has 0 amide bonds. The van der Waals surface area contributed by atoms with Crippen LogP contribution in [0.1, 0.15) is 6.92 Å². The zero-order chi connectivity index (χ0) is 8.27. The Morgan fingerprint density at radius 2 is 2.27 bits per heavy atom. The molecular weight excluding hydrogens is 178 g/mol. The van der Waals surface area contributed by atoms with E-state index in [-0.39, 0.29) is 0 Å². The number of rotatable bonds is 1. The fraction of sp³-hybridized carbons (Fsp3) is 0.125. The highest BCUT2D eigenvalue weighted by Crippen LogP contribution is 2.14. The summed E-state index contributed by atoms with van der Waals surface area (Å²) in [6.07, 6.45) is 0. The van der Waals surface area contributed by atoms with Crippen molar-refractivity contribution in [3.8, 4) is 0 Å². The molecule has 1 aromatic rings. The van der Waals surface area contributed by atoms with Crippen LogP contribution in [0.25, 0.3) is 0 Å². The third-order valence-electron chi connectivity index (χ3n) is 1.14. The van der Waals surface area contributed by atoms with Crippen LogP contribution in [-0.2, 0) is 0 Å². The smallest absolute Gasteiger partial charge is 0.0765 e. The summed E-state index contributed by atoms with van der Waals surface area (Å²) in [5.41, 5.74) is 0.935. The van der Waals surface area contributed by atoms with Crippen molar-refractivity contribution in [1.82, 2.24) is 0 Å². The lowest BCUT2D eigenvalue weighted by Crippen LogP contribution is -2.02. The summed E-state index contributed by atoms with van der Waals surface area (Å²) in [7, 11) is 0. The Morgan fingerprint density at radius 3 is 2.82 bits per heavy atom. The second-order valence-electron chi connectivity index (χ2n) is 2.19. The Labute approximate surface area is 76.4 Å². The van der Waals surface area contributed by atoms with Crippen molar-refractivity contribution >= 4 is 34.5 Å². The van der Waals surface area contributed by atoms with Crippen LogP contribution >= 0.6 is 23.8 Å². The Balaban J connectivity index is 2.79. The molecule has 1 rings (SSSR count). The number of thiocarbonyl (C=S) groups is 1. The van der Waals surface area contributed by atoms with Crippen molar-refractivity contribution in [3.05, 3.63) is 29.3 Å². The van der Waals surface area contributed by atoms with Gasteiger partial charge in [-0.1, -0.05) is 29.9 Å². The van der Waals surface area contributed by atoms with Crippen LogP contribution in [0, 0.1) is 0 Å². The molecule has 0 aliphatic heterocycles. The molecule has 11 heavy (non-hydrogen) atoms. The van der Waals surface area contributed by atoms with Crippen molar-refractivity contribution in [2.45, 2.75) is 6.92 Å². The molecule has 0 fully saturated rings. The lowest BCUT2D eigenvalue weighted by Gasteiger charge is -2.02. The topological polar surface area (TPSA) is 12.0 Å². The molecule has 0 aliphatic rings. The van der Waals surface area contributed by atoms with Crippen molar-refractivity contribution < 1.29 is 0 Å². The minimum absolute atomic E-state index is 0.714. The summed E-state index contributed by atoms with van der Waals surface area (Å²) >= 11 is 10.6. The average Bonchev–Trinajstić information content (AvgIpc) is 1.85. The summed E-state index contributed by atoms with van der Waals surface area (Å²) in [5, 5.41) is 3.71.